The van der Waals surface area contributed by atoms with Gasteiger partial charge < -0.3 is 11.1 Å². The van der Waals surface area contributed by atoms with E-state index in [9.17, 15) is 4.79 Å². The minimum absolute atomic E-state index is 0.0802. The molecule has 1 aromatic carbocycles. The van der Waals surface area contributed by atoms with Gasteiger partial charge in [0.15, 0.2) is 0 Å². The molecule has 0 spiro atoms. The van der Waals surface area contributed by atoms with Gasteiger partial charge in [0.2, 0.25) is 5.91 Å². The van der Waals surface area contributed by atoms with Crippen molar-refractivity contribution in [3.05, 3.63) is 35.4 Å². The number of carbonyl (C=O) groups is 1. The van der Waals surface area contributed by atoms with E-state index in [0.717, 1.165) is 18.5 Å². The van der Waals surface area contributed by atoms with Crippen molar-refractivity contribution in [2.45, 2.75) is 38.8 Å². The molecule has 0 unspecified atom stereocenters. The molecule has 20 heavy (non-hydrogen) atoms. The summed E-state index contributed by atoms with van der Waals surface area (Å²) < 4.78 is 0. The molecular formula is C16H25N3O. The fraction of sp³-hybridized carbons (Fsp3) is 0.562. The maximum atomic E-state index is 11.5. The fourth-order valence-electron chi connectivity index (χ4n) is 2.51. The molecule has 0 saturated carbocycles. The molecular weight excluding hydrogens is 250 g/mol. The van der Waals surface area contributed by atoms with Crippen LogP contribution in [0.25, 0.3) is 0 Å². The minimum Gasteiger partial charge on any atom is -0.352 e. The van der Waals surface area contributed by atoms with Crippen LogP contribution < -0.4 is 11.1 Å². The Morgan fingerprint density at radius 3 is 2.45 bits per heavy atom. The van der Waals surface area contributed by atoms with Crippen LogP contribution in [0.4, 0.5) is 0 Å². The molecule has 3 N–H and O–H groups in total. The zero-order valence-corrected chi connectivity index (χ0v) is 12.1. The maximum absolute atomic E-state index is 11.5. The molecule has 0 bridgehead atoms. The second kappa shape index (κ2) is 8.02. The third-order valence-corrected chi connectivity index (χ3v) is 3.73. The van der Waals surface area contributed by atoms with E-state index in [4.69, 9.17) is 5.73 Å². The molecule has 0 atom stereocenters. The first-order valence-corrected chi connectivity index (χ1v) is 7.55. The molecule has 4 nitrogen and oxygen atoms in total. The van der Waals surface area contributed by atoms with Gasteiger partial charge in [0.05, 0.1) is 0 Å². The second-order valence-corrected chi connectivity index (χ2v) is 5.47. The Labute approximate surface area is 121 Å². The van der Waals surface area contributed by atoms with Gasteiger partial charge in [0.1, 0.15) is 0 Å². The molecule has 4 heteroatoms. The monoisotopic (exact) mass is 275 g/mol. The highest BCUT2D eigenvalue weighted by Crippen LogP contribution is 2.13. The van der Waals surface area contributed by atoms with E-state index in [-0.39, 0.29) is 5.91 Å². The van der Waals surface area contributed by atoms with Gasteiger partial charge in [-0.05, 0) is 50.0 Å². The molecule has 1 fully saturated rings. The van der Waals surface area contributed by atoms with Crippen LogP contribution in [-0.4, -0.2) is 30.4 Å². The summed E-state index contributed by atoms with van der Waals surface area (Å²) in [4.78, 5) is 14.0. The van der Waals surface area contributed by atoms with Crippen LogP contribution >= 0.6 is 0 Å². The number of hydrogen-bond donors (Lipinski definition) is 2. The third kappa shape index (κ3) is 4.94. The van der Waals surface area contributed by atoms with E-state index in [1.807, 2.05) is 0 Å². The zero-order chi connectivity index (χ0) is 14.2. The Bertz CT molecular complexity index is 410. The van der Waals surface area contributed by atoms with Gasteiger partial charge in [-0.3, -0.25) is 9.69 Å². The second-order valence-electron chi connectivity index (χ2n) is 5.47. The summed E-state index contributed by atoms with van der Waals surface area (Å²) in [6.45, 7) is 4.66. The Balaban J connectivity index is 1.74. The molecule has 2 rings (SSSR count). The summed E-state index contributed by atoms with van der Waals surface area (Å²) in [5.41, 5.74) is 7.89. The lowest BCUT2D eigenvalue weighted by molar-refractivity contribution is -0.121. The number of rotatable bonds is 7. The lowest BCUT2D eigenvalue weighted by Gasteiger charge is -2.14. The number of nitrogens with zero attached hydrogens (tertiary/aromatic N) is 1. The number of carbonyl (C=O) groups excluding carboxylic acids is 1. The lowest BCUT2D eigenvalue weighted by Crippen LogP contribution is -2.23. The van der Waals surface area contributed by atoms with E-state index < -0.39 is 0 Å². The van der Waals surface area contributed by atoms with Crippen molar-refractivity contribution < 1.29 is 4.79 Å². The smallest absolute Gasteiger partial charge is 0.220 e. The first-order chi connectivity index (χ1) is 9.78. The van der Waals surface area contributed by atoms with E-state index in [2.05, 4.69) is 34.5 Å². The summed E-state index contributed by atoms with van der Waals surface area (Å²) in [5, 5.41) is 2.92. The van der Waals surface area contributed by atoms with Crippen LogP contribution in [0.1, 0.15) is 36.8 Å². The number of nitrogens with two attached hydrogens (primary N) is 1. The summed E-state index contributed by atoms with van der Waals surface area (Å²) in [5.74, 6) is 0.0802. The van der Waals surface area contributed by atoms with Gasteiger partial charge in [0.25, 0.3) is 0 Å². The molecule has 1 amide bonds. The topological polar surface area (TPSA) is 58.4 Å². The number of nitrogens with one attached hydrogen (secondary N) is 1. The SMILES string of the molecule is NCCCC(=O)NCc1ccc(CN2CCCC2)cc1. The quantitative estimate of drug-likeness (QED) is 0.795. The Kier molecular flexibility index (Phi) is 6.02. The first kappa shape index (κ1) is 15.0. The van der Waals surface area contributed by atoms with Gasteiger partial charge >= 0.3 is 0 Å². The average Bonchev–Trinajstić information content (AvgIpc) is 2.97. The first-order valence-electron chi connectivity index (χ1n) is 7.55. The Morgan fingerprint density at radius 2 is 1.80 bits per heavy atom. The van der Waals surface area contributed by atoms with E-state index in [0.29, 0.717) is 19.5 Å². The van der Waals surface area contributed by atoms with Gasteiger partial charge in [0, 0.05) is 19.5 Å². The average molecular weight is 275 g/mol. The molecule has 1 saturated heterocycles. The van der Waals surface area contributed by atoms with E-state index in [1.165, 1.54) is 31.5 Å². The van der Waals surface area contributed by atoms with Crippen molar-refractivity contribution in [2.24, 2.45) is 5.73 Å². The number of hydrogen-bond acceptors (Lipinski definition) is 3. The minimum atomic E-state index is 0.0802. The van der Waals surface area contributed by atoms with Crippen LogP contribution in [0.5, 0.6) is 0 Å². The number of likely N-dealkylation sites (tertiary alicyclic amines) is 1. The predicted octanol–water partition coefficient (Wildman–Crippen LogP) is 1.64. The molecule has 1 heterocycles. The largest absolute Gasteiger partial charge is 0.352 e. The highest BCUT2D eigenvalue weighted by Gasteiger charge is 2.11. The highest BCUT2D eigenvalue weighted by atomic mass is 16.1. The Hall–Kier alpha value is -1.39. The molecule has 110 valence electrons. The van der Waals surface area contributed by atoms with Crippen molar-refractivity contribution in [3.63, 3.8) is 0 Å². The summed E-state index contributed by atoms with van der Waals surface area (Å²) >= 11 is 0. The number of benzene rings is 1. The summed E-state index contributed by atoms with van der Waals surface area (Å²) in [6, 6.07) is 8.54. The van der Waals surface area contributed by atoms with Crippen molar-refractivity contribution in [3.8, 4) is 0 Å². The van der Waals surface area contributed by atoms with Crippen LogP contribution in [0.15, 0.2) is 24.3 Å². The van der Waals surface area contributed by atoms with E-state index >= 15 is 0 Å². The van der Waals surface area contributed by atoms with Gasteiger partial charge in [-0.25, -0.2) is 0 Å². The number of amides is 1. The lowest BCUT2D eigenvalue weighted by atomic mass is 10.1. The van der Waals surface area contributed by atoms with Crippen LogP contribution in [0.2, 0.25) is 0 Å². The van der Waals surface area contributed by atoms with Crippen LogP contribution in [0, 0.1) is 0 Å². The van der Waals surface area contributed by atoms with Crippen molar-refractivity contribution >= 4 is 5.91 Å². The molecule has 0 radical (unpaired) electrons. The molecule has 1 aromatic rings. The van der Waals surface area contributed by atoms with Crippen LogP contribution in [0.3, 0.4) is 0 Å². The van der Waals surface area contributed by atoms with Crippen molar-refractivity contribution in [2.75, 3.05) is 19.6 Å². The summed E-state index contributed by atoms with van der Waals surface area (Å²) in [6.07, 6.45) is 3.92. The standard InChI is InChI=1S/C16H25N3O/c17-9-3-4-16(20)18-12-14-5-7-15(8-6-14)13-19-10-1-2-11-19/h5-8H,1-4,9-13,17H2,(H,18,20). The molecule has 0 aromatic heterocycles. The Morgan fingerprint density at radius 1 is 1.15 bits per heavy atom. The fourth-order valence-corrected chi connectivity index (χ4v) is 2.51. The van der Waals surface area contributed by atoms with E-state index in [1.54, 1.807) is 0 Å². The highest BCUT2D eigenvalue weighted by molar-refractivity contribution is 5.75. The normalized spacial score (nSPS) is 15.4. The molecule has 0 aliphatic carbocycles. The van der Waals surface area contributed by atoms with Gasteiger partial charge in [-0.2, -0.15) is 0 Å². The van der Waals surface area contributed by atoms with Crippen molar-refractivity contribution in [1.29, 1.82) is 0 Å². The van der Waals surface area contributed by atoms with Crippen molar-refractivity contribution in [1.82, 2.24) is 10.2 Å². The molecule has 1 aliphatic heterocycles. The van der Waals surface area contributed by atoms with Gasteiger partial charge in [-0.1, -0.05) is 24.3 Å². The zero-order valence-electron chi connectivity index (χ0n) is 12.1. The van der Waals surface area contributed by atoms with Gasteiger partial charge in [-0.15, -0.1) is 0 Å². The summed E-state index contributed by atoms with van der Waals surface area (Å²) in [7, 11) is 0. The third-order valence-electron chi connectivity index (χ3n) is 3.73. The predicted molar refractivity (Wildman–Crippen MR) is 81.1 cm³/mol. The maximum Gasteiger partial charge on any atom is 0.220 e. The van der Waals surface area contributed by atoms with Crippen LogP contribution in [-0.2, 0) is 17.9 Å². The molecule has 1 aliphatic rings.